The quantitative estimate of drug-likeness (QED) is 0.822. The zero-order valence-corrected chi connectivity index (χ0v) is 12.9. The Morgan fingerprint density at radius 3 is 2.22 bits per heavy atom. The molecule has 1 amide bonds. The third kappa shape index (κ3) is 3.97. The second kappa shape index (κ2) is 6.67. The predicted octanol–water partition coefficient (Wildman–Crippen LogP) is 2.01. The Labute approximate surface area is 133 Å². The highest BCUT2D eigenvalue weighted by Crippen LogP contribution is 2.41. The minimum Gasteiger partial charge on any atom is -0.481 e. The van der Waals surface area contributed by atoms with Crippen molar-refractivity contribution in [2.24, 2.45) is 23.0 Å². The molecule has 0 radical (unpaired) electrons. The summed E-state index contributed by atoms with van der Waals surface area (Å²) in [6.07, 6.45) is 0.106. The fourth-order valence-corrected chi connectivity index (χ4v) is 3.78. The van der Waals surface area contributed by atoms with Crippen LogP contribution >= 0.6 is 0 Å². The highest BCUT2D eigenvalue weighted by atomic mass is 19.4. The Morgan fingerprint density at radius 1 is 1.17 bits per heavy atom. The highest BCUT2D eigenvalue weighted by molar-refractivity contribution is 5.79. The molecule has 0 aromatic heterocycles. The number of nitrogens with zero attached hydrogens (tertiary/aromatic N) is 1. The van der Waals surface area contributed by atoms with Gasteiger partial charge in [-0.05, 0) is 24.8 Å². The second-order valence-corrected chi connectivity index (χ2v) is 6.83. The fraction of sp³-hybridized carbons (Fsp3) is 0.867. The van der Waals surface area contributed by atoms with Crippen LogP contribution in [0.2, 0.25) is 0 Å². The third-order valence-electron chi connectivity index (χ3n) is 5.28. The van der Waals surface area contributed by atoms with Gasteiger partial charge in [-0.15, -0.1) is 0 Å². The van der Waals surface area contributed by atoms with E-state index in [2.05, 4.69) is 0 Å². The Hall–Kier alpha value is -1.31. The first-order valence-corrected chi connectivity index (χ1v) is 7.96. The van der Waals surface area contributed by atoms with E-state index in [1.54, 1.807) is 0 Å². The number of halogens is 3. The lowest BCUT2D eigenvalue weighted by atomic mass is 9.71. The number of rotatable bonds is 4. The highest BCUT2D eigenvalue weighted by Gasteiger charge is 2.53. The summed E-state index contributed by atoms with van der Waals surface area (Å²) in [5.74, 6) is -5.49. The predicted molar refractivity (Wildman–Crippen MR) is 76.4 cm³/mol. The summed E-state index contributed by atoms with van der Waals surface area (Å²) in [4.78, 5) is 24.6. The SMILES string of the molecule is NCC1(CC(=O)N2C[C@@H](C(F)(F)F)[C@H](C(=O)O)C2)CCCCC1. The van der Waals surface area contributed by atoms with Gasteiger partial charge in [0, 0.05) is 19.5 Å². The molecule has 1 aliphatic heterocycles. The van der Waals surface area contributed by atoms with Gasteiger partial charge in [0.25, 0.3) is 0 Å². The molecule has 1 saturated carbocycles. The van der Waals surface area contributed by atoms with Crippen LogP contribution in [-0.4, -0.2) is 47.7 Å². The average molecular weight is 336 g/mol. The van der Waals surface area contributed by atoms with Gasteiger partial charge in [0.1, 0.15) is 0 Å². The topological polar surface area (TPSA) is 83.6 Å². The van der Waals surface area contributed by atoms with Gasteiger partial charge in [0.15, 0.2) is 0 Å². The monoisotopic (exact) mass is 336 g/mol. The zero-order valence-electron chi connectivity index (χ0n) is 12.9. The minimum absolute atomic E-state index is 0.112. The van der Waals surface area contributed by atoms with Crippen molar-refractivity contribution in [3.05, 3.63) is 0 Å². The van der Waals surface area contributed by atoms with E-state index in [0.717, 1.165) is 37.0 Å². The molecule has 23 heavy (non-hydrogen) atoms. The van der Waals surface area contributed by atoms with Gasteiger partial charge in [0.2, 0.25) is 5.91 Å². The summed E-state index contributed by atoms with van der Waals surface area (Å²) in [7, 11) is 0. The molecule has 1 heterocycles. The van der Waals surface area contributed by atoms with Crippen molar-refractivity contribution in [3.8, 4) is 0 Å². The molecule has 1 saturated heterocycles. The van der Waals surface area contributed by atoms with Crippen LogP contribution in [0, 0.1) is 17.3 Å². The smallest absolute Gasteiger partial charge is 0.394 e. The number of alkyl halides is 3. The molecule has 3 N–H and O–H groups in total. The summed E-state index contributed by atoms with van der Waals surface area (Å²) >= 11 is 0. The van der Waals surface area contributed by atoms with E-state index in [1.807, 2.05) is 0 Å². The van der Waals surface area contributed by atoms with Crippen molar-refractivity contribution >= 4 is 11.9 Å². The Bertz CT molecular complexity index is 461. The molecule has 0 spiro atoms. The summed E-state index contributed by atoms with van der Waals surface area (Å²) in [6, 6.07) is 0. The van der Waals surface area contributed by atoms with Crippen LogP contribution in [0.15, 0.2) is 0 Å². The summed E-state index contributed by atoms with van der Waals surface area (Å²) in [5.41, 5.74) is 5.47. The lowest BCUT2D eigenvalue weighted by molar-refractivity contribution is -0.188. The van der Waals surface area contributed by atoms with Crippen LogP contribution in [0.4, 0.5) is 13.2 Å². The van der Waals surface area contributed by atoms with Crippen LogP contribution in [0.1, 0.15) is 38.5 Å². The molecule has 2 rings (SSSR count). The number of carboxylic acids is 1. The number of hydrogen-bond donors (Lipinski definition) is 2. The van der Waals surface area contributed by atoms with Gasteiger partial charge < -0.3 is 15.7 Å². The van der Waals surface area contributed by atoms with E-state index < -0.39 is 36.4 Å². The van der Waals surface area contributed by atoms with Gasteiger partial charge in [-0.25, -0.2) is 0 Å². The second-order valence-electron chi connectivity index (χ2n) is 6.83. The first kappa shape index (κ1) is 18.0. The van der Waals surface area contributed by atoms with Crippen molar-refractivity contribution in [1.29, 1.82) is 0 Å². The van der Waals surface area contributed by atoms with Crippen LogP contribution in [0.3, 0.4) is 0 Å². The third-order valence-corrected chi connectivity index (χ3v) is 5.28. The molecule has 2 aliphatic rings. The number of hydrogen-bond acceptors (Lipinski definition) is 3. The first-order valence-electron chi connectivity index (χ1n) is 7.96. The summed E-state index contributed by atoms with van der Waals surface area (Å²) in [6.45, 7) is -0.614. The molecular formula is C15H23F3N2O3. The van der Waals surface area contributed by atoms with Crippen LogP contribution in [0.5, 0.6) is 0 Å². The molecule has 2 fully saturated rings. The van der Waals surface area contributed by atoms with Gasteiger partial charge in [-0.2, -0.15) is 13.2 Å². The number of likely N-dealkylation sites (tertiary alicyclic amines) is 1. The Morgan fingerprint density at radius 2 is 1.78 bits per heavy atom. The van der Waals surface area contributed by atoms with Gasteiger partial charge in [-0.3, -0.25) is 9.59 Å². The number of aliphatic carboxylic acids is 1. The average Bonchev–Trinajstić information content (AvgIpc) is 2.94. The molecule has 5 nitrogen and oxygen atoms in total. The van der Waals surface area contributed by atoms with E-state index in [0.29, 0.717) is 6.54 Å². The molecular weight excluding hydrogens is 313 g/mol. The molecule has 8 heteroatoms. The van der Waals surface area contributed by atoms with Gasteiger partial charge in [-0.1, -0.05) is 19.3 Å². The fourth-order valence-electron chi connectivity index (χ4n) is 3.78. The van der Waals surface area contributed by atoms with Crippen LogP contribution in [0.25, 0.3) is 0 Å². The molecule has 0 aromatic carbocycles. The number of nitrogens with two attached hydrogens (primary N) is 1. The molecule has 0 unspecified atom stereocenters. The van der Waals surface area contributed by atoms with Crippen molar-refractivity contribution in [3.63, 3.8) is 0 Å². The van der Waals surface area contributed by atoms with Crippen LogP contribution in [-0.2, 0) is 9.59 Å². The van der Waals surface area contributed by atoms with E-state index in [9.17, 15) is 22.8 Å². The van der Waals surface area contributed by atoms with Gasteiger partial charge >= 0.3 is 12.1 Å². The van der Waals surface area contributed by atoms with E-state index in [-0.39, 0.29) is 18.4 Å². The number of carboxylic acid groups (broad SMARTS) is 1. The van der Waals surface area contributed by atoms with Crippen molar-refractivity contribution in [2.45, 2.75) is 44.7 Å². The number of carbonyl (C=O) groups excluding carboxylic acids is 1. The van der Waals surface area contributed by atoms with E-state index in [1.165, 1.54) is 0 Å². The zero-order chi connectivity index (χ0) is 17.3. The summed E-state index contributed by atoms with van der Waals surface area (Å²) in [5, 5.41) is 9.01. The lowest BCUT2D eigenvalue weighted by Gasteiger charge is -2.36. The maximum Gasteiger partial charge on any atom is 0.394 e. The van der Waals surface area contributed by atoms with Gasteiger partial charge in [0.05, 0.1) is 11.8 Å². The van der Waals surface area contributed by atoms with Crippen LogP contribution < -0.4 is 5.73 Å². The minimum atomic E-state index is -4.62. The van der Waals surface area contributed by atoms with E-state index >= 15 is 0 Å². The normalized spacial score (nSPS) is 27.9. The number of amides is 1. The molecule has 0 aromatic rings. The molecule has 132 valence electrons. The molecule has 2 atom stereocenters. The van der Waals surface area contributed by atoms with Crippen molar-refractivity contribution in [2.75, 3.05) is 19.6 Å². The molecule has 0 bridgehead atoms. The maximum absolute atomic E-state index is 13.0. The lowest BCUT2D eigenvalue weighted by Crippen LogP contribution is -2.40. The first-order chi connectivity index (χ1) is 10.7. The largest absolute Gasteiger partial charge is 0.481 e. The maximum atomic E-state index is 13.0. The van der Waals surface area contributed by atoms with E-state index in [4.69, 9.17) is 10.8 Å². The summed E-state index contributed by atoms with van der Waals surface area (Å²) < 4.78 is 39.0. The Kier molecular flexibility index (Phi) is 5.23. The Balaban J connectivity index is 2.06. The van der Waals surface area contributed by atoms with Crippen molar-refractivity contribution < 1.29 is 27.9 Å². The number of carbonyl (C=O) groups is 2. The standard InChI is InChI=1S/C15H23F3N2O3/c16-15(17,18)11-8-20(7-10(11)13(22)23)12(21)6-14(9-19)4-2-1-3-5-14/h10-11H,1-9,19H2,(H,22,23)/t10-,11-/m1/s1. The van der Waals surface area contributed by atoms with Crippen molar-refractivity contribution in [1.82, 2.24) is 4.90 Å². The molecule has 1 aliphatic carbocycles.